The van der Waals surface area contributed by atoms with Crippen LogP contribution in [0.3, 0.4) is 0 Å². The predicted molar refractivity (Wildman–Crippen MR) is 117 cm³/mol. The van der Waals surface area contributed by atoms with Crippen molar-refractivity contribution in [2.75, 3.05) is 10.4 Å². The van der Waals surface area contributed by atoms with Gasteiger partial charge in [0.2, 0.25) is 8.32 Å². The van der Waals surface area contributed by atoms with Crippen molar-refractivity contribution in [1.29, 1.82) is 0 Å². The first-order valence-electron chi connectivity index (χ1n) is 9.11. The van der Waals surface area contributed by atoms with Crippen LogP contribution in [0.4, 0.5) is 10.8 Å². The molecule has 0 radical (unpaired) electrons. The molecule has 148 valence electrons. The van der Waals surface area contributed by atoms with Crippen LogP contribution in [-0.4, -0.2) is 24.7 Å². The Labute approximate surface area is 167 Å². The first-order chi connectivity index (χ1) is 12.3. The van der Waals surface area contributed by atoms with Crippen molar-refractivity contribution in [1.82, 2.24) is 4.98 Å². The average Bonchev–Trinajstić information content (AvgIpc) is 3.03. The highest BCUT2D eigenvalue weighted by molar-refractivity contribution is 7.13. The predicted octanol–water partition coefficient (Wildman–Crippen LogP) is 5.94. The summed E-state index contributed by atoms with van der Waals surface area (Å²) in [6, 6.07) is 7.53. The molecule has 7 heteroatoms. The van der Waals surface area contributed by atoms with Gasteiger partial charge in [-0.3, -0.25) is 15.2 Å². The number of amides is 1. The van der Waals surface area contributed by atoms with Gasteiger partial charge in [0.15, 0.2) is 5.13 Å². The minimum atomic E-state index is -2.00. The highest BCUT2D eigenvalue weighted by Gasteiger charge is 2.42. The van der Waals surface area contributed by atoms with Crippen molar-refractivity contribution < 1.29 is 9.32 Å². The minimum absolute atomic E-state index is 0.101. The highest BCUT2D eigenvalue weighted by atomic mass is 32.1. The molecular weight excluding hydrogens is 374 g/mol. The smallest absolute Gasteiger partial charge is 0.257 e. The molecule has 0 bridgehead atoms. The molecule has 0 unspecified atom stereocenters. The molecule has 1 amide bonds. The second kappa shape index (κ2) is 7.73. The van der Waals surface area contributed by atoms with Crippen molar-refractivity contribution in [3.05, 3.63) is 41.4 Å². The first kappa shape index (κ1) is 21.6. The van der Waals surface area contributed by atoms with Gasteiger partial charge in [0.1, 0.15) is 0 Å². The Morgan fingerprint density at radius 2 is 1.70 bits per heavy atom. The van der Waals surface area contributed by atoms with Gasteiger partial charge in [-0.15, -0.1) is 11.3 Å². The number of carbonyl (C=O) groups excluding carboxylic acids is 1. The van der Waals surface area contributed by atoms with Gasteiger partial charge >= 0.3 is 0 Å². The Morgan fingerprint density at radius 3 is 2.15 bits per heavy atom. The summed E-state index contributed by atoms with van der Waals surface area (Å²) in [5, 5.41) is 7.33. The zero-order chi connectivity index (χ0) is 20.5. The van der Waals surface area contributed by atoms with Crippen LogP contribution in [-0.2, 0) is 4.53 Å². The number of carbonyl (C=O) groups is 1. The fourth-order valence-electron chi connectivity index (χ4n) is 2.14. The summed E-state index contributed by atoms with van der Waals surface area (Å²) >= 11 is 1.40. The van der Waals surface area contributed by atoms with Crippen LogP contribution in [0.25, 0.3) is 0 Å². The standard InChI is InChI=1S/C20H31N3O2SSi/c1-19(2,3)23(25-27(7,8)20(4,5)6)16-11-9-15(10-12-16)17(24)22-18-21-13-14-26-18/h9-14H,1-8H3,(H,21,22,24). The molecule has 1 heterocycles. The zero-order valence-corrected chi connectivity index (χ0v) is 19.4. The fraction of sp³-hybridized carbons (Fsp3) is 0.500. The monoisotopic (exact) mass is 405 g/mol. The lowest BCUT2D eigenvalue weighted by atomic mass is 10.1. The Kier molecular flexibility index (Phi) is 6.18. The number of nitrogens with one attached hydrogen (secondary N) is 1. The molecule has 27 heavy (non-hydrogen) atoms. The maximum atomic E-state index is 12.4. The highest BCUT2D eigenvalue weighted by Crippen LogP contribution is 2.39. The van der Waals surface area contributed by atoms with Crippen LogP contribution >= 0.6 is 11.3 Å². The van der Waals surface area contributed by atoms with Crippen molar-refractivity contribution >= 4 is 36.4 Å². The first-order valence-corrected chi connectivity index (χ1v) is 12.9. The molecule has 2 aromatic rings. The van der Waals surface area contributed by atoms with Crippen molar-refractivity contribution in [2.45, 2.75) is 65.2 Å². The Bertz CT molecular complexity index is 760. The molecule has 1 aromatic carbocycles. The van der Waals surface area contributed by atoms with E-state index < -0.39 is 8.32 Å². The van der Waals surface area contributed by atoms with E-state index >= 15 is 0 Å². The van der Waals surface area contributed by atoms with Crippen LogP contribution in [0.2, 0.25) is 18.1 Å². The van der Waals surface area contributed by atoms with E-state index in [1.54, 1.807) is 6.20 Å². The summed E-state index contributed by atoms with van der Waals surface area (Å²) in [5.41, 5.74) is 1.33. The molecule has 0 aliphatic rings. The second-order valence-corrected chi connectivity index (χ2v) is 14.8. The van der Waals surface area contributed by atoms with E-state index in [1.807, 2.05) is 34.7 Å². The lowest BCUT2D eigenvalue weighted by Gasteiger charge is -2.45. The van der Waals surface area contributed by atoms with Gasteiger partial charge < -0.3 is 4.53 Å². The number of anilines is 2. The van der Waals surface area contributed by atoms with Crippen LogP contribution < -0.4 is 10.4 Å². The van der Waals surface area contributed by atoms with E-state index in [9.17, 15) is 4.79 Å². The van der Waals surface area contributed by atoms with Gasteiger partial charge in [-0.1, -0.05) is 20.8 Å². The van der Waals surface area contributed by atoms with E-state index in [0.717, 1.165) is 5.69 Å². The van der Waals surface area contributed by atoms with Gasteiger partial charge in [-0.25, -0.2) is 4.98 Å². The zero-order valence-electron chi connectivity index (χ0n) is 17.6. The summed E-state index contributed by atoms with van der Waals surface area (Å²) in [5.74, 6) is -0.163. The summed E-state index contributed by atoms with van der Waals surface area (Å²) < 4.78 is 6.60. The molecule has 0 spiro atoms. The third-order valence-corrected chi connectivity index (χ3v) is 9.69. The lowest BCUT2D eigenvalue weighted by molar-refractivity contribution is 0.102. The largest absolute Gasteiger partial charge is 0.319 e. The number of hydrogen-bond donors (Lipinski definition) is 1. The molecule has 0 aliphatic carbocycles. The SMILES string of the molecule is CC(C)(C)N(O[Si](C)(C)C(C)(C)C)c1ccc(C(=O)Nc2nccs2)cc1. The average molecular weight is 406 g/mol. The third kappa shape index (κ3) is 5.40. The quantitative estimate of drug-likeness (QED) is 0.494. The molecule has 2 rings (SSSR count). The van der Waals surface area contributed by atoms with E-state index in [0.29, 0.717) is 10.7 Å². The summed E-state index contributed by atoms with van der Waals surface area (Å²) in [6.45, 7) is 17.5. The van der Waals surface area contributed by atoms with E-state index in [-0.39, 0.29) is 16.5 Å². The molecule has 0 atom stereocenters. The maximum Gasteiger partial charge on any atom is 0.257 e. The number of benzene rings is 1. The van der Waals surface area contributed by atoms with E-state index in [4.69, 9.17) is 4.53 Å². The molecule has 1 N–H and O–H groups in total. The number of aromatic nitrogens is 1. The number of rotatable bonds is 5. The Morgan fingerprint density at radius 1 is 1.11 bits per heavy atom. The van der Waals surface area contributed by atoms with Crippen molar-refractivity contribution in [2.24, 2.45) is 0 Å². The van der Waals surface area contributed by atoms with Gasteiger partial charge in [-0.05, 0) is 63.2 Å². The van der Waals surface area contributed by atoms with Crippen molar-refractivity contribution in [3.63, 3.8) is 0 Å². The van der Waals surface area contributed by atoms with E-state index in [1.165, 1.54) is 11.3 Å². The summed E-state index contributed by atoms with van der Waals surface area (Å²) in [7, 11) is -2.00. The summed E-state index contributed by atoms with van der Waals surface area (Å²) in [6.07, 6.45) is 1.67. The van der Waals surface area contributed by atoms with Crippen LogP contribution in [0.1, 0.15) is 51.9 Å². The Hall–Kier alpha value is -1.70. The van der Waals surface area contributed by atoms with Gasteiger partial charge in [-0.2, -0.15) is 0 Å². The second-order valence-electron chi connectivity index (χ2n) is 9.16. The molecule has 0 fully saturated rings. The molecule has 0 saturated heterocycles. The minimum Gasteiger partial charge on any atom is -0.319 e. The number of hydroxylamine groups is 1. The van der Waals surface area contributed by atoms with Crippen LogP contribution in [0.15, 0.2) is 35.8 Å². The van der Waals surface area contributed by atoms with E-state index in [2.05, 4.69) is 64.9 Å². The van der Waals surface area contributed by atoms with Gasteiger partial charge in [0.25, 0.3) is 5.91 Å². The number of thiazole rings is 1. The molecular formula is C20H31N3O2SSi. The van der Waals surface area contributed by atoms with Crippen molar-refractivity contribution in [3.8, 4) is 0 Å². The summed E-state index contributed by atoms with van der Waals surface area (Å²) in [4.78, 5) is 16.5. The number of nitrogens with zero attached hydrogens (tertiary/aromatic N) is 2. The van der Waals surface area contributed by atoms with Crippen LogP contribution in [0, 0.1) is 0 Å². The molecule has 0 aliphatic heterocycles. The van der Waals surface area contributed by atoms with Gasteiger partial charge in [0.05, 0.1) is 11.2 Å². The van der Waals surface area contributed by atoms with Crippen LogP contribution in [0.5, 0.6) is 0 Å². The molecule has 0 saturated carbocycles. The lowest BCUT2D eigenvalue weighted by Crippen LogP contribution is -2.52. The normalized spacial score (nSPS) is 12.7. The molecule has 5 nitrogen and oxygen atoms in total. The topological polar surface area (TPSA) is 54.5 Å². The van der Waals surface area contributed by atoms with Gasteiger partial charge in [0, 0.05) is 17.1 Å². The Balaban J connectivity index is 2.23. The number of hydrogen-bond acceptors (Lipinski definition) is 5. The third-order valence-electron chi connectivity index (χ3n) is 4.75. The fourth-order valence-corrected chi connectivity index (χ4v) is 3.78. The molecule has 1 aromatic heterocycles. The maximum absolute atomic E-state index is 12.4.